The summed E-state index contributed by atoms with van der Waals surface area (Å²) >= 11 is 3.66. The van der Waals surface area contributed by atoms with Gasteiger partial charge < -0.3 is 25.4 Å². The standard InChI is InChI=1S/C25H42BrN3O5/c1-13(2)9-14(11-30)29-19(21(32)28-24(6,7)12-23(3,4)5)25-10-15(26)18(34-25)16(20(31)27-8)17(25)22(29)33/h13-19,30H,9-12H2,1-8H3,(H,27,31)(H,28,32)/t14-,15?,16+,17+,18+,19?,25?/m1/s1. The van der Waals surface area contributed by atoms with E-state index in [-0.39, 0.29) is 40.5 Å². The van der Waals surface area contributed by atoms with E-state index in [4.69, 9.17) is 4.74 Å². The van der Waals surface area contributed by atoms with Gasteiger partial charge in [0, 0.05) is 17.4 Å². The first-order chi connectivity index (χ1) is 15.6. The maximum Gasteiger partial charge on any atom is 0.246 e. The molecule has 3 unspecified atom stereocenters. The van der Waals surface area contributed by atoms with Crippen molar-refractivity contribution in [2.75, 3.05) is 13.7 Å². The third-order valence-corrected chi connectivity index (χ3v) is 8.15. The average Bonchev–Trinajstić information content (AvgIpc) is 3.26. The number of hydrogen-bond donors (Lipinski definition) is 3. The lowest BCUT2D eigenvalue weighted by atomic mass is 9.70. The van der Waals surface area contributed by atoms with Crippen LogP contribution in [-0.4, -0.2) is 75.5 Å². The zero-order valence-electron chi connectivity index (χ0n) is 21.8. The van der Waals surface area contributed by atoms with Crippen molar-refractivity contribution in [2.24, 2.45) is 23.2 Å². The predicted molar refractivity (Wildman–Crippen MR) is 133 cm³/mol. The zero-order chi connectivity index (χ0) is 25.8. The van der Waals surface area contributed by atoms with Crippen molar-refractivity contribution >= 4 is 33.7 Å². The summed E-state index contributed by atoms with van der Waals surface area (Å²) in [5.41, 5.74) is -1.64. The number of alkyl halides is 1. The highest BCUT2D eigenvalue weighted by Crippen LogP contribution is 2.60. The molecule has 3 amide bonds. The van der Waals surface area contributed by atoms with E-state index in [2.05, 4.69) is 47.3 Å². The largest absolute Gasteiger partial charge is 0.394 e. The van der Waals surface area contributed by atoms with Crippen LogP contribution in [0.2, 0.25) is 0 Å². The number of aliphatic hydroxyl groups is 1. The molecule has 0 aromatic carbocycles. The lowest BCUT2D eigenvalue weighted by Gasteiger charge is -2.40. The monoisotopic (exact) mass is 543 g/mol. The predicted octanol–water partition coefficient (Wildman–Crippen LogP) is 2.22. The van der Waals surface area contributed by atoms with Crippen LogP contribution in [0.15, 0.2) is 0 Å². The van der Waals surface area contributed by atoms with Crippen molar-refractivity contribution < 1.29 is 24.2 Å². The molecule has 7 atom stereocenters. The van der Waals surface area contributed by atoms with Gasteiger partial charge in [-0.3, -0.25) is 14.4 Å². The minimum atomic E-state index is -1.11. The van der Waals surface area contributed by atoms with E-state index in [9.17, 15) is 19.5 Å². The molecule has 0 aromatic rings. The van der Waals surface area contributed by atoms with Gasteiger partial charge in [-0.05, 0) is 44.4 Å². The summed E-state index contributed by atoms with van der Waals surface area (Å²) in [5.74, 6) is -2.05. The first kappa shape index (κ1) is 27.4. The number of amides is 3. The van der Waals surface area contributed by atoms with Gasteiger partial charge >= 0.3 is 0 Å². The number of ether oxygens (including phenoxy) is 1. The molecular weight excluding hydrogens is 502 g/mol. The third kappa shape index (κ3) is 4.76. The second kappa shape index (κ2) is 9.36. The molecule has 3 fully saturated rings. The van der Waals surface area contributed by atoms with Gasteiger partial charge in [0.1, 0.15) is 11.6 Å². The van der Waals surface area contributed by atoms with Crippen LogP contribution >= 0.6 is 15.9 Å². The summed E-state index contributed by atoms with van der Waals surface area (Å²) in [6.45, 7) is 14.1. The van der Waals surface area contributed by atoms with Crippen LogP contribution in [0, 0.1) is 23.2 Å². The Hall–Kier alpha value is -1.19. The van der Waals surface area contributed by atoms with Gasteiger partial charge in [-0.15, -0.1) is 0 Å². The Balaban J connectivity index is 2.06. The first-order valence-corrected chi connectivity index (χ1v) is 13.3. The Kier molecular flexibility index (Phi) is 7.54. The minimum Gasteiger partial charge on any atom is -0.394 e. The fourth-order valence-electron chi connectivity index (χ4n) is 6.82. The molecule has 3 aliphatic rings. The maximum atomic E-state index is 14.0. The zero-order valence-corrected chi connectivity index (χ0v) is 23.4. The Morgan fingerprint density at radius 1 is 1.24 bits per heavy atom. The van der Waals surface area contributed by atoms with E-state index in [1.807, 2.05) is 27.7 Å². The number of fused-ring (bicyclic) bond motifs is 1. The summed E-state index contributed by atoms with van der Waals surface area (Å²) in [6.07, 6.45) is 1.26. The van der Waals surface area contributed by atoms with Crippen LogP contribution in [-0.2, 0) is 19.1 Å². The van der Waals surface area contributed by atoms with E-state index in [0.29, 0.717) is 12.8 Å². The second-order valence-electron chi connectivity index (χ2n) is 12.6. The topological polar surface area (TPSA) is 108 Å². The summed E-state index contributed by atoms with van der Waals surface area (Å²) in [7, 11) is 1.55. The van der Waals surface area contributed by atoms with Gasteiger partial charge in [0.15, 0.2) is 0 Å². The van der Waals surface area contributed by atoms with E-state index in [1.165, 1.54) is 0 Å². The van der Waals surface area contributed by atoms with Gasteiger partial charge in [-0.2, -0.15) is 0 Å². The SMILES string of the molecule is CNC(=O)[C@H]1[C@H]2C(=O)N([C@@H](CO)CC(C)C)C(C(=O)NC(C)(C)CC(C)(C)C)C23CC(Br)[C@@H]1O3. The molecule has 2 bridgehead atoms. The highest BCUT2D eigenvalue weighted by molar-refractivity contribution is 9.09. The van der Waals surface area contributed by atoms with E-state index < -0.39 is 41.2 Å². The molecule has 0 radical (unpaired) electrons. The van der Waals surface area contributed by atoms with Crippen molar-refractivity contribution in [1.29, 1.82) is 0 Å². The second-order valence-corrected chi connectivity index (χ2v) is 13.8. The Labute approximate surface area is 212 Å². The van der Waals surface area contributed by atoms with Crippen molar-refractivity contribution in [3.05, 3.63) is 0 Å². The molecule has 8 nitrogen and oxygen atoms in total. The van der Waals surface area contributed by atoms with Crippen LogP contribution in [0.5, 0.6) is 0 Å². The van der Waals surface area contributed by atoms with Crippen LogP contribution in [0.1, 0.15) is 67.7 Å². The number of rotatable bonds is 8. The third-order valence-electron chi connectivity index (χ3n) is 7.31. The van der Waals surface area contributed by atoms with Gasteiger partial charge in [-0.1, -0.05) is 50.5 Å². The van der Waals surface area contributed by atoms with Gasteiger partial charge in [0.2, 0.25) is 17.7 Å². The number of carbonyl (C=O) groups excluding carboxylic acids is 3. The number of aliphatic hydroxyl groups excluding tert-OH is 1. The van der Waals surface area contributed by atoms with Gasteiger partial charge in [0.25, 0.3) is 0 Å². The summed E-state index contributed by atoms with van der Waals surface area (Å²) in [4.78, 5) is 42.3. The fourth-order valence-corrected chi connectivity index (χ4v) is 7.76. The van der Waals surface area contributed by atoms with Crippen molar-refractivity contribution in [3.63, 3.8) is 0 Å². The highest BCUT2D eigenvalue weighted by Gasteiger charge is 2.77. The quantitative estimate of drug-likeness (QED) is 0.407. The van der Waals surface area contributed by atoms with E-state index in [0.717, 1.165) is 6.42 Å². The van der Waals surface area contributed by atoms with Crippen LogP contribution in [0.4, 0.5) is 0 Å². The summed E-state index contributed by atoms with van der Waals surface area (Å²) in [6, 6.07) is -1.45. The van der Waals surface area contributed by atoms with E-state index >= 15 is 0 Å². The molecule has 3 aliphatic heterocycles. The van der Waals surface area contributed by atoms with Crippen LogP contribution in [0.25, 0.3) is 0 Å². The molecular formula is C25H42BrN3O5. The summed E-state index contributed by atoms with van der Waals surface area (Å²) in [5, 5.41) is 16.2. The Morgan fingerprint density at radius 2 is 1.85 bits per heavy atom. The van der Waals surface area contributed by atoms with Crippen molar-refractivity contribution in [1.82, 2.24) is 15.5 Å². The molecule has 9 heteroatoms. The maximum absolute atomic E-state index is 14.0. The number of hydrogen-bond acceptors (Lipinski definition) is 5. The molecule has 3 saturated heterocycles. The molecule has 3 rings (SSSR count). The Morgan fingerprint density at radius 3 is 2.35 bits per heavy atom. The van der Waals surface area contributed by atoms with Crippen LogP contribution < -0.4 is 10.6 Å². The lowest BCUT2D eigenvalue weighted by Crippen LogP contribution is -2.61. The molecule has 34 heavy (non-hydrogen) atoms. The van der Waals surface area contributed by atoms with Crippen molar-refractivity contribution in [3.8, 4) is 0 Å². The smallest absolute Gasteiger partial charge is 0.246 e. The number of nitrogens with one attached hydrogen (secondary N) is 2. The fraction of sp³-hybridized carbons (Fsp3) is 0.880. The van der Waals surface area contributed by atoms with Crippen molar-refractivity contribution in [2.45, 2.75) is 102 Å². The van der Waals surface area contributed by atoms with Gasteiger partial charge in [0.05, 0.1) is 30.6 Å². The number of halogens is 1. The molecule has 194 valence electrons. The number of carbonyl (C=O) groups is 3. The van der Waals surface area contributed by atoms with Gasteiger partial charge in [-0.25, -0.2) is 0 Å². The molecule has 3 N–H and O–H groups in total. The Bertz CT molecular complexity index is 826. The highest BCUT2D eigenvalue weighted by atomic mass is 79.9. The molecule has 1 spiro atoms. The number of nitrogens with zero attached hydrogens (tertiary/aromatic N) is 1. The molecule has 0 saturated carbocycles. The summed E-state index contributed by atoms with van der Waals surface area (Å²) < 4.78 is 6.47. The first-order valence-electron chi connectivity index (χ1n) is 12.4. The number of likely N-dealkylation sites (tertiary alicyclic amines) is 1. The van der Waals surface area contributed by atoms with Crippen LogP contribution in [0.3, 0.4) is 0 Å². The lowest BCUT2D eigenvalue weighted by molar-refractivity contribution is -0.146. The van der Waals surface area contributed by atoms with E-state index in [1.54, 1.807) is 11.9 Å². The normalized spacial score (nSPS) is 33.9. The minimum absolute atomic E-state index is 0.0123. The molecule has 0 aliphatic carbocycles. The average molecular weight is 545 g/mol. The molecule has 0 aromatic heterocycles. The molecule has 3 heterocycles.